The maximum Gasteiger partial charge on any atom is 0.341 e. The molecule has 0 fully saturated rings. The molecule has 32 heavy (non-hydrogen) atoms. The van der Waals surface area contributed by atoms with Crippen molar-refractivity contribution in [3.63, 3.8) is 0 Å². The fourth-order valence-corrected chi connectivity index (χ4v) is 3.98. The second kappa shape index (κ2) is 9.69. The summed E-state index contributed by atoms with van der Waals surface area (Å²) < 4.78 is 11.4. The Morgan fingerprint density at radius 3 is 2.44 bits per heavy atom. The Balaban J connectivity index is 1.82. The Labute approximate surface area is 188 Å². The zero-order valence-electron chi connectivity index (χ0n) is 18.8. The normalized spacial score (nSPS) is 11.0. The van der Waals surface area contributed by atoms with Crippen LogP contribution in [0.15, 0.2) is 60.7 Å². The summed E-state index contributed by atoms with van der Waals surface area (Å²) in [5.74, 6) is 1.11. The predicted octanol–water partition coefficient (Wildman–Crippen LogP) is 5.63. The summed E-state index contributed by atoms with van der Waals surface area (Å²) in [6.07, 6.45) is 1.27. The van der Waals surface area contributed by atoms with Gasteiger partial charge in [-0.2, -0.15) is 0 Å². The largest absolute Gasteiger partial charge is 0.493 e. The van der Waals surface area contributed by atoms with E-state index in [1.165, 1.54) is 11.1 Å². The Kier molecular flexibility index (Phi) is 6.55. The SMILES string of the molecule is CCOC(=O)c1ccc(Cc2nc3ccccc3[nH]2)c(Cc2ccccc2C)c1OCC. The molecule has 0 bridgehead atoms. The fraction of sp³-hybridized carbons (Fsp3) is 0.259. The first-order valence-electron chi connectivity index (χ1n) is 11.0. The monoisotopic (exact) mass is 428 g/mol. The molecule has 0 saturated heterocycles. The van der Waals surface area contributed by atoms with Crippen LogP contribution in [0, 0.1) is 6.92 Å². The number of aryl methyl sites for hydroxylation is 1. The molecule has 0 saturated carbocycles. The Morgan fingerprint density at radius 1 is 0.906 bits per heavy atom. The molecule has 5 heteroatoms. The van der Waals surface area contributed by atoms with Crippen molar-refractivity contribution >= 4 is 17.0 Å². The molecular weight excluding hydrogens is 400 g/mol. The van der Waals surface area contributed by atoms with Crippen molar-refractivity contribution in [1.82, 2.24) is 9.97 Å². The molecule has 1 aromatic heterocycles. The molecule has 1 N–H and O–H groups in total. The van der Waals surface area contributed by atoms with E-state index in [-0.39, 0.29) is 5.97 Å². The van der Waals surface area contributed by atoms with Crippen molar-refractivity contribution in [1.29, 1.82) is 0 Å². The summed E-state index contributed by atoms with van der Waals surface area (Å²) in [6.45, 7) is 6.62. The lowest BCUT2D eigenvalue weighted by Gasteiger charge is -2.19. The predicted molar refractivity (Wildman–Crippen MR) is 126 cm³/mol. The maximum atomic E-state index is 12.7. The van der Waals surface area contributed by atoms with E-state index in [4.69, 9.17) is 14.5 Å². The first kappa shape index (κ1) is 21.6. The smallest absolute Gasteiger partial charge is 0.341 e. The standard InChI is InChI=1S/C27H28N2O3/c1-4-31-26-21(27(30)32-5-2)15-14-20(22(26)16-19-11-7-6-10-18(19)3)17-25-28-23-12-8-9-13-24(23)29-25/h6-15H,4-5,16-17H2,1-3H3,(H,28,29). The fourth-order valence-electron chi connectivity index (χ4n) is 3.98. The van der Waals surface area contributed by atoms with E-state index in [1.54, 1.807) is 0 Å². The highest BCUT2D eigenvalue weighted by atomic mass is 16.5. The van der Waals surface area contributed by atoms with E-state index in [2.05, 4.69) is 24.0 Å². The second-order valence-electron chi connectivity index (χ2n) is 7.71. The highest BCUT2D eigenvalue weighted by molar-refractivity contribution is 5.93. The molecule has 0 aliphatic carbocycles. The first-order chi connectivity index (χ1) is 15.6. The third-order valence-electron chi connectivity index (χ3n) is 5.57. The first-order valence-corrected chi connectivity index (χ1v) is 11.0. The molecule has 0 amide bonds. The maximum absolute atomic E-state index is 12.7. The number of para-hydroxylation sites is 2. The Morgan fingerprint density at radius 2 is 1.69 bits per heavy atom. The van der Waals surface area contributed by atoms with Crippen LogP contribution in [0.4, 0.5) is 0 Å². The molecule has 0 radical (unpaired) electrons. The van der Waals surface area contributed by atoms with Gasteiger partial charge in [0.1, 0.15) is 17.1 Å². The van der Waals surface area contributed by atoms with E-state index >= 15 is 0 Å². The molecule has 0 atom stereocenters. The van der Waals surface area contributed by atoms with Crippen LogP contribution in [-0.2, 0) is 17.6 Å². The van der Waals surface area contributed by atoms with Crippen molar-refractivity contribution in [2.75, 3.05) is 13.2 Å². The number of fused-ring (bicyclic) bond motifs is 1. The molecule has 4 aromatic rings. The van der Waals surface area contributed by atoms with Gasteiger partial charge in [-0.1, -0.05) is 42.5 Å². The lowest BCUT2D eigenvalue weighted by atomic mass is 9.92. The number of imidazole rings is 1. The van der Waals surface area contributed by atoms with Gasteiger partial charge in [-0.25, -0.2) is 9.78 Å². The van der Waals surface area contributed by atoms with Crippen molar-refractivity contribution < 1.29 is 14.3 Å². The number of rotatable bonds is 8. The number of aromatic nitrogens is 2. The van der Waals surface area contributed by atoms with Gasteiger partial charge in [0, 0.05) is 18.4 Å². The highest BCUT2D eigenvalue weighted by Crippen LogP contribution is 2.32. The zero-order chi connectivity index (χ0) is 22.5. The van der Waals surface area contributed by atoms with Crippen LogP contribution < -0.4 is 4.74 Å². The van der Waals surface area contributed by atoms with Crippen LogP contribution in [0.1, 0.15) is 52.3 Å². The summed E-state index contributed by atoms with van der Waals surface area (Å²) in [4.78, 5) is 20.8. The number of nitrogens with zero attached hydrogens (tertiary/aromatic N) is 1. The molecule has 0 unspecified atom stereocenters. The van der Waals surface area contributed by atoms with Gasteiger partial charge in [-0.3, -0.25) is 0 Å². The van der Waals surface area contributed by atoms with Gasteiger partial charge in [-0.15, -0.1) is 0 Å². The number of aromatic amines is 1. The molecule has 5 nitrogen and oxygen atoms in total. The van der Waals surface area contributed by atoms with E-state index in [0.717, 1.165) is 28.0 Å². The Bertz CT molecular complexity index is 1210. The van der Waals surface area contributed by atoms with Crippen molar-refractivity contribution in [2.45, 2.75) is 33.6 Å². The molecule has 0 aliphatic rings. The number of benzene rings is 3. The van der Waals surface area contributed by atoms with Gasteiger partial charge in [0.2, 0.25) is 0 Å². The number of carbonyl (C=O) groups is 1. The van der Waals surface area contributed by atoms with Gasteiger partial charge < -0.3 is 14.5 Å². The zero-order valence-corrected chi connectivity index (χ0v) is 18.8. The van der Waals surface area contributed by atoms with Gasteiger partial charge in [0.05, 0.1) is 24.2 Å². The molecule has 0 spiro atoms. The van der Waals surface area contributed by atoms with Crippen molar-refractivity contribution in [3.05, 3.63) is 94.3 Å². The van der Waals surface area contributed by atoms with Crippen molar-refractivity contribution in [2.24, 2.45) is 0 Å². The number of carbonyl (C=O) groups excluding carboxylic acids is 1. The lowest BCUT2D eigenvalue weighted by molar-refractivity contribution is 0.0521. The van der Waals surface area contributed by atoms with E-state index in [0.29, 0.717) is 37.4 Å². The van der Waals surface area contributed by atoms with Gasteiger partial charge in [0.25, 0.3) is 0 Å². The van der Waals surface area contributed by atoms with Crippen LogP contribution >= 0.6 is 0 Å². The molecule has 4 rings (SSSR count). The molecular formula is C27H28N2O3. The summed E-state index contributed by atoms with van der Waals surface area (Å²) in [5.41, 5.74) is 6.88. The quantitative estimate of drug-likeness (QED) is 0.370. The van der Waals surface area contributed by atoms with Gasteiger partial charge >= 0.3 is 5.97 Å². The third kappa shape index (κ3) is 4.52. The van der Waals surface area contributed by atoms with Crippen LogP contribution in [0.3, 0.4) is 0 Å². The number of H-pyrrole nitrogens is 1. The summed E-state index contributed by atoms with van der Waals surface area (Å²) in [6, 6.07) is 20.1. The van der Waals surface area contributed by atoms with Gasteiger partial charge in [-0.05, 0) is 55.7 Å². The van der Waals surface area contributed by atoms with E-state index in [9.17, 15) is 4.79 Å². The summed E-state index contributed by atoms with van der Waals surface area (Å²) in [5, 5.41) is 0. The Hall–Kier alpha value is -3.60. The van der Waals surface area contributed by atoms with Gasteiger partial charge in [0.15, 0.2) is 0 Å². The summed E-state index contributed by atoms with van der Waals surface area (Å²) in [7, 11) is 0. The molecule has 1 heterocycles. The lowest BCUT2D eigenvalue weighted by Crippen LogP contribution is -2.12. The molecule has 3 aromatic carbocycles. The third-order valence-corrected chi connectivity index (χ3v) is 5.57. The minimum atomic E-state index is -0.364. The number of hydrogen-bond acceptors (Lipinski definition) is 4. The second-order valence-corrected chi connectivity index (χ2v) is 7.71. The van der Waals surface area contributed by atoms with Crippen LogP contribution in [0.2, 0.25) is 0 Å². The topological polar surface area (TPSA) is 64.2 Å². The van der Waals surface area contributed by atoms with E-state index in [1.807, 2.05) is 62.4 Å². The van der Waals surface area contributed by atoms with Crippen LogP contribution in [0.5, 0.6) is 5.75 Å². The van der Waals surface area contributed by atoms with Crippen LogP contribution in [-0.4, -0.2) is 29.2 Å². The molecule has 164 valence electrons. The average molecular weight is 429 g/mol. The number of hydrogen-bond donors (Lipinski definition) is 1. The number of nitrogens with one attached hydrogen (secondary N) is 1. The van der Waals surface area contributed by atoms with Crippen molar-refractivity contribution in [3.8, 4) is 5.75 Å². The number of esters is 1. The van der Waals surface area contributed by atoms with E-state index < -0.39 is 0 Å². The minimum absolute atomic E-state index is 0.318. The van der Waals surface area contributed by atoms with Crippen LogP contribution in [0.25, 0.3) is 11.0 Å². The minimum Gasteiger partial charge on any atom is -0.493 e. The summed E-state index contributed by atoms with van der Waals surface area (Å²) >= 11 is 0. The highest BCUT2D eigenvalue weighted by Gasteiger charge is 2.22. The average Bonchev–Trinajstić information content (AvgIpc) is 3.20. The molecule has 0 aliphatic heterocycles. The number of ether oxygens (including phenoxy) is 2.